The lowest BCUT2D eigenvalue weighted by atomic mass is 10.2. The number of hydrogen-bond donors (Lipinski definition) is 0. The van der Waals surface area contributed by atoms with Crippen molar-refractivity contribution in [3.8, 4) is 0 Å². The molecule has 216 valence electrons. The zero-order valence-electron chi connectivity index (χ0n) is 22.9. The van der Waals surface area contributed by atoms with Crippen LogP contribution in [0, 0.1) is 5.82 Å². The van der Waals surface area contributed by atoms with Crippen molar-refractivity contribution in [1.29, 1.82) is 0 Å². The van der Waals surface area contributed by atoms with Gasteiger partial charge in [0, 0.05) is 44.8 Å². The van der Waals surface area contributed by atoms with Crippen LogP contribution in [0.4, 0.5) is 14.3 Å². The molecule has 1 aliphatic heterocycles. The van der Waals surface area contributed by atoms with E-state index in [9.17, 15) is 22.4 Å². The predicted octanol–water partition coefficient (Wildman–Crippen LogP) is 3.89. The molecule has 1 aromatic heterocycles. The number of carbonyl (C=O) groups is 2. The minimum Gasteiger partial charge on any atom is -0.450 e. The van der Waals surface area contributed by atoms with Crippen molar-refractivity contribution < 1.29 is 27.1 Å². The summed E-state index contributed by atoms with van der Waals surface area (Å²) >= 11 is 1.24. The van der Waals surface area contributed by atoms with Gasteiger partial charge in [0.2, 0.25) is 10.0 Å². The zero-order chi connectivity index (χ0) is 28.9. The second kappa shape index (κ2) is 13.0. The lowest BCUT2D eigenvalue weighted by Gasteiger charge is -2.33. The number of carbonyl (C=O) groups excluding carboxylic acids is 2. The predicted molar refractivity (Wildman–Crippen MR) is 153 cm³/mol. The van der Waals surface area contributed by atoms with E-state index in [2.05, 4.69) is 9.88 Å². The molecule has 0 spiro atoms. The number of piperazine rings is 1. The molecular weight excluding hydrogens is 557 g/mol. The number of likely N-dealkylation sites (N-methyl/N-ethyl adjacent to an activating group) is 1. The molecule has 3 aromatic rings. The van der Waals surface area contributed by atoms with Gasteiger partial charge in [0.15, 0.2) is 5.13 Å². The summed E-state index contributed by atoms with van der Waals surface area (Å²) in [6.07, 6.45) is -0.453. The summed E-state index contributed by atoms with van der Waals surface area (Å²) in [5, 5.41) is 0.453. The van der Waals surface area contributed by atoms with Crippen LogP contribution in [0.1, 0.15) is 31.1 Å². The number of hydrogen-bond acceptors (Lipinski definition) is 8. The molecule has 0 bridgehead atoms. The summed E-state index contributed by atoms with van der Waals surface area (Å²) in [4.78, 5) is 35.5. The van der Waals surface area contributed by atoms with Crippen LogP contribution >= 0.6 is 11.3 Å². The van der Waals surface area contributed by atoms with Gasteiger partial charge in [0.1, 0.15) is 5.82 Å². The molecule has 0 radical (unpaired) electrons. The second-order valence-electron chi connectivity index (χ2n) is 9.21. The van der Waals surface area contributed by atoms with Crippen molar-refractivity contribution in [3.63, 3.8) is 0 Å². The number of thiazole rings is 1. The number of benzene rings is 2. The van der Waals surface area contributed by atoms with Gasteiger partial charge in [0.05, 0.1) is 21.7 Å². The molecule has 1 aliphatic rings. The number of amides is 2. The van der Waals surface area contributed by atoms with Gasteiger partial charge in [-0.05, 0) is 62.5 Å². The van der Waals surface area contributed by atoms with Crippen LogP contribution in [0.5, 0.6) is 0 Å². The molecule has 0 atom stereocenters. The molecule has 40 heavy (non-hydrogen) atoms. The molecule has 13 heteroatoms. The monoisotopic (exact) mass is 591 g/mol. The van der Waals surface area contributed by atoms with Crippen LogP contribution in [-0.2, 0) is 14.8 Å². The van der Waals surface area contributed by atoms with E-state index in [1.165, 1.54) is 56.9 Å². The SMILES string of the molecule is CCOC(=O)N1CCN(S(=O)(=O)c2ccc(C(=O)N(CCN(CC)CC)c3nc4ccc(F)cc4s3)cc2)CC1. The van der Waals surface area contributed by atoms with Gasteiger partial charge in [-0.2, -0.15) is 4.31 Å². The van der Waals surface area contributed by atoms with Crippen LogP contribution in [0.2, 0.25) is 0 Å². The fourth-order valence-corrected chi connectivity index (χ4v) is 6.90. The lowest BCUT2D eigenvalue weighted by molar-refractivity contribution is 0.0933. The van der Waals surface area contributed by atoms with E-state index in [-0.39, 0.29) is 49.4 Å². The van der Waals surface area contributed by atoms with Crippen LogP contribution in [-0.4, -0.2) is 98.5 Å². The van der Waals surface area contributed by atoms with Crippen molar-refractivity contribution >= 4 is 48.7 Å². The molecule has 2 aromatic carbocycles. The van der Waals surface area contributed by atoms with Crippen molar-refractivity contribution in [2.75, 3.05) is 63.9 Å². The highest BCUT2D eigenvalue weighted by atomic mass is 32.2. The van der Waals surface area contributed by atoms with Gasteiger partial charge >= 0.3 is 6.09 Å². The third kappa shape index (κ3) is 6.60. The van der Waals surface area contributed by atoms with Gasteiger partial charge in [-0.1, -0.05) is 25.2 Å². The Hall–Kier alpha value is -3.13. The van der Waals surface area contributed by atoms with Gasteiger partial charge < -0.3 is 14.5 Å². The van der Waals surface area contributed by atoms with E-state index in [0.29, 0.717) is 34.0 Å². The Balaban J connectivity index is 1.53. The molecule has 2 heterocycles. The van der Waals surface area contributed by atoms with Crippen LogP contribution in [0.3, 0.4) is 0 Å². The van der Waals surface area contributed by atoms with Gasteiger partial charge in [-0.15, -0.1) is 0 Å². The average molecular weight is 592 g/mol. The first-order chi connectivity index (χ1) is 19.2. The first kappa shape index (κ1) is 29.8. The number of aromatic nitrogens is 1. The molecule has 1 fully saturated rings. The van der Waals surface area contributed by atoms with Crippen LogP contribution in [0.15, 0.2) is 47.4 Å². The Labute approximate surface area is 238 Å². The van der Waals surface area contributed by atoms with E-state index in [0.717, 1.165) is 13.1 Å². The lowest BCUT2D eigenvalue weighted by Crippen LogP contribution is -2.50. The molecule has 0 unspecified atom stereocenters. The summed E-state index contributed by atoms with van der Waals surface area (Å²) in [5.41, 5.74) is 0.919. The smallest absolute Gasteiger partial charge is 0.409 e. The first-order valence-electron chi connectivity index (χ1n) is 13.3. The first-order valence-corrected chi connectivity index (χ1v) is 15.6. The number of sulfonamides is 1. The van der Waals surface area contributed by atoms with E-state index in [1.807, 2.05) is 13.8 Å². The number of ether oxygens (including phenoxy) is 1. The minimum absolute atomic E-state index is 0.0683. The summed E-state index contributed by atoms with van der Waals surface area (Å²) in [5.74, 6) is -0.693. The minimum atomic E-state index is -3.81. The Morgan fingerprint density at radius 2 is 1.68 bits per heavy atom. The fraction of sp³-hybridized carbons (Fsp3) is 0.444. The summed E-state index contributed by atoms with van der Waals surface area (Å²) in [6, 6.07) is 10.2. The van der Waals surface area contributed by atoms with E-state index < -0.39 is 16.1 Å². The highest BCUT2D eigenvalue weighted by Gasteiger charge is 2.31. The Morgan fingerprint density at radius 1 is 1.00 bits per heavy atom. The standard InChI is InChI=1S/C27H34FN5O5S2/c1-4-30(5-2)13-18-33(26-29-23-12-9-21(28)19-24(23)39-26)25(34)20-7-10-22(11-8-20)40(36,37)32-16-14-31(15-17-32)27(35)38-6-3/h7-12,19H,4-6,13-18H2,1-3H3. The molecule has 0 saturated carbocycles. The van der Waals surface area contributed by atoms with Gasteiger partial charge in [-0.25, -0.2) is 22.6 Å². The summed E-state index contributed by atoms with van der Waals surface area (Å²) in [7, 11) is -3.81. The maximum absolute atomic E-state index is 13.8. The van der Waals surface area contributed by atoms with Crippen molar-refractivity contribution in [2.24, 2.45) is 0 Å². The molecule has 0 N–H and O–H groups in total. The van der Waals surface area contributed by atoms with Crippen LogP contribution < -0.4 is 4.90 Å². The molecule has 0 aliphatic carbocycles. The van der Waals surface area contributed by atoms with Crippen molar-refractivity contribution in [2.45, 2.75) is 25.7 Å². The largest absolute Gasteiger partial charge is 0.450 e. The number of fused-ring (bicyclic) bond motifs is 1. The van der Waals surface area contributed by atoms with E-state index in [4.69, 9.17) is 4.74 Å². The molecule has 4 rings (SSSR count). The number of nitrogens with zero attached hydrogens (tertiary/aromatic N) is 5. The quantitative estimate of drug-likeness (QED) is 0.353. The number of rotatable bonds is 10. The van der Waals surface area contributed by atoms with Crippen molar-refractivity contribution in [1.82, 2.24) is 19.1 Å². The third-order valence-corrected chi connectivity index (χ3v) is 9.81. The van der Waals surface area contributed by atoms with Gasteiger partial charge in [-0.3, -0.25) is 9.69 Å². The molecule has 2 amide bonds. The summed E-state index contributed by atoms with van der Waals surface area (Å²) < 4.78 is 47.3. The topological polar surface area (TPSA) is 103 Å². The van der Waals surface area contributed by atoms with Crippen LogP contribution in [0.25, 0.3) is 10.2 Å². The molecule has 1 saturated heterocycles. The number of halogens is 1. The maximum Gasteiger partial charge on any atom is 0.409 e. The Morgan fingerprint density at radius 3 is 2.30 bits per heavy atom. The van der Waals surface area contributed by atoms with E-state index in [1.54, 1.807) is 17.9 Å². The van der Waals surface area contributed by atoms with E-state index >= 15 is 0 Å². The molecule has 10 nitrogen and oxygen atoms in total. The third-order valence-electron chi connectivity index (χ3n) is 6.85. The highest BCUT2D eigenvalue weighted by Crippen LogP contribution is 2.30. The van der Waals surface area contributed by atoms with Gasteiger partial charge in [0.25, 0.3) is 5.91 Å². The normalized spacial score (nSPS) is 14.6. The average Bonchev–Trinajstić information content (AvgIpc) is 3.38. The number of anilines is 1. The Kier molecular flexibility index (Phi) is 9.72. The van der Waals surface area contributed by atoms with Crippen molar-refractivity contribution in [3.05, 3.63) is 53.8 Å². The maximum atomic E-state index is 13.8. The fourth-order valence-electron chi connectivity index (χ4n) is 4.47. The second-order valence-corrected chi connectivity index (χ2v) is 12.2. The highest BCUT2D eigenvalue weighted by molar-refractivity contribution is 7.89. The Bertz CT molecular complexity index is 1440. The zero-order valence-corrected chi connectivity index (χ0v) is 24.5. The molecular formula is C27H34FN5O5S2. The summed E-state index contributed by atoms with van der Waals surface area (Å²) in [6.45, 7) is 9.49.